The van der Waals surface area contributed by atoms with Crippen LogP contribution in [0.25, 0.3) is 0 Å². The van der Waals surface area contributed by atoms with E-state index in [1.807, 2.05) is 26.0 Å². The number of rotatable bonds is 2. The van der Waals surface area contributed by atoms with Crippen molar-refractivity contribution in [2.75, 3.05) is 0 Å². The maximum absolute atomic E-state index is 9.90. The van der Waals surface area contributed by atoms with E-state index in [9.17, 15) is 10.2 Å². The molecule has 1 aliphatic rings. The van der Waals surface area contributed by atoms with Crippen molar-refractivity contribution in [3.63, 3.8) is 0 Å². The summed E-state index contributed by atoms with van der Waals surface area (Å²) in [7, 11) is 0. The van der Waals surface area contributed by atoms with Crippen LogP contribution in [0, 0.1) is 19.8 Å². The number of hydrogen-bond donors (Lipinski definition) is 2. The van der Waals surface area contributed by atoms with Gasteiger partial charge in [-0.15, -0.1) is 0 Å². The normalized spacial score (nSPS) is 20.4. The average Bonchev–Trinajstić information content (AvgIpc) is 2.52. The first-order chi connectivity index (χ1) is 10.9. The molecule has 1 aliphatic carbocycles. The third-order valence-corrected chi connectivity index (χ3v) is 5.50. The number of aromatic hydroxyl groups is 2. The van der Waals surface area contributed by atoms with Gasteiger partial charge in [0.1, 0.15) is 11.5 Å². The van der Waals surface area contributed by atoms with Crippen LogP contribution in [0.15, 0.2) is 36.4 Å². The van der Waals surface area contributed by atoms with Gasteiger partial charge in [-0.3, -0.25) is 0 Å². The third-order valence-electron chi connectivity index (χ3n) is 5.50. The molecule has 2 aromatic carbocycles. The Morgan fingerprint density at radius 2 is 1.43 bits per heavy atom. The second-order valence-corrected chi connectivity index (χ2v) is 7.29. The highest BCUT2D eigenvalue weighted by Gasteiger charge is 2.38. The van der Waals surface area contributed by atoms with E-state index < -0.39 is 0 Å². The van der Waals surface area contributed by atoms with Gasteiger partial charge >= 0.3 is 0 Å². The Labute approximate surface area is 138 Å². The summed E-state index contributed by atoms with van der Waals surface area (Å²) in [6, 6.07) is 12.0. The number of hydrogen-bond acceptors (Lipinski definition) is 2. The molecule has 2 N–H and O–H groups in total. The highest BCUT2D eigenvalue weighted by molar-refractivity contribution is 5.48. The number of phenols is 2. The smallest absolute Gasteiger partial charge is 0.118 e. The minimum atomic E-state index is -0.0193. The van der Waals surface area contributed by atoms with Gasteiger partial charge in [0, 0.05) is 5.41 Å². The molecule has 1 atom stereocenters. The number of benzene rings is 2. The Morgan fingerprint density at radius 3 is 1.87 bits per heavy atom. The van der Waals surface area contributed by atoms with Crippen LogP contribution < -0.4 is 0 Å². The molecule has 23 heavy (non-hydrogen) atoms. The predicted molar refractivity (Wildman–Crippen MR) is 94.1 cm³/mol. The molecule has 0 radical (unpaired) electrons. The Bertz CT molecular complexity index is 666. The standard InChI is InChI=1S/C21H26O2/c1-14-5-4-10-21(13-14,17-6-8-19(22)15(2)11-17)18-7-9-20(23)16(3)12-18/h6-9,11-12,14,22-23H,4-5,10,13H2,1-3H3. The first kappa shape index (κ1) is 15.9. The van der Waals surface area contributed by atoms with E-state index in [-0.39, 0.29) is 5.41 Å². The van der Waals surface area contributed by atoms with Crippen molar-refractivity contribution in [3.05, 3.63) is 58.7 Å². The summed E-state index contributed by atoms with van der Waals surface area (Å²) < 4.78 is 0. The third kappa shape index (κ3) is 2.83. The van der Waals surface area contributed by atoms with Crippen LogP contribution in [-0.2, 0) is 5.41 Å². The van der Waals surface area contributed by atoms with Gasteiger partial charge in [0.25, 0.3) is 0 Å². The summed E-state index contributed by atoms with van der Waals surface area (Å²) in [5, 5.41) is 19.8. The van der Waals surface area contributed by atoms with E-state index in [2.05, 4.69) is 31.2 Å². The lowest BCUT2D eigenvalue weighted by molar-refractivity contribution is 0.272. The van der Waals surface area contributed by atoms with Gasteiger partial charge in [0.05, 0.1) is 0 Å². The van der Waals surface area contributed by atoms with Crippen LogP contribution >= 0.6 is 0 Å². The summed E-state index contributed by atoms with van der Waals surface area (Å²) in [6.45, 7) is 6.25. The Hall–Kier alpha value is -1.96. The second kappa shape index (κ2) is 5.92. The first-order valence-corrected chi connectivity index (χ1v) is 8.52. The Morgan fingerprint density at radius 1 is 0.913 bits per heavy atom. The molecule has 1 unspecified atom stereocenters. The molecule has 0 heterocycles. The molecule has 2 heteroatoms. The molecule has 3 rings (SSSR count). The maximum atomic E-state index is 9.90. The van der Waals surface area contributed by atoms with Crippen LogP contribution in [0.4, 0.5) is 0 Å². The molecule has 0 aromatic heterocycles. The largest absolute Gasteiger partial charge is 0.508 e. The van der Waals surface area contributed by atoms with E-state index in [4.69, 9.17) is 0 Å². The van der Waals surface area contributed by atoms with Crippen molar-refractivity contribution >= 4 is 0 Å². The summed E-state index contributed by atoms with van der Waals surface area (Å²) in [4.78, 5) is 0. The van der Waals surface area contributed by atoms with Gasteiger partial charge in [0.15, 0.2) is 0 Å². The summed E-state index contributed by atoms with van der Waals surface area (Å²) in [5.74, 6) is 1.39. The van der Waals surface area contributed by atoms with Crippen LogP contribution in [0.5, 0.6) is 11.5 Å². The van der Waals surface area contributed by atoms with Gasteiger partial charge in [-0.2, -0.15) is 0 Å². The van der Waals surface area contributed by atoms with Crippen molar-refractivity contribution in [1.29, 1.82) is 0 Å². The van der Waals surface area contributed by atoms with Gasteiger partial charge < -0.3 is 10.2 Å². The molecular weight excluding hydrogens is 284 g/mol. The van der Waals surface area contributed by atoms with Gasteiger partial charge in [0.2, 0.25) is 0 Å². The fraction of sp³-hybridized carbons (Fsp3) is 0.429. The first-order valence-electron chi connectivity index (χ1n) is 8.52. The lowest BCUT2D eigenvalue weighted by atomic mass is 9.62. The van der Waals surface area contributed by atoms with Crippen molar-refractivity contribution in [3.8, 4) is 11.5 Å². The van der Waals surface area contributed by atoms with Gasteiger partial charge in [-0.1, -0.05) is 44.0 Å². The lowest BCUT2D eigenvalue weighted by Gasteiger charge is -2.41. The van der Waals surface area contributed by atoms with E-state index >= 15 is 0 Å². The summed E-state index contributed by atoms with van der Waals surface area (Å²) in [6.07, 6.45) is 4.71. The molecule has 1 saturated carbocycles. The van der Waals surface area contributed by atoms with Gasteiger partial charge in [-0.05, 0) is 67.0 Å². The van der Waals surface area contributed by atoms with Crippen LogP contribution in [-0.4, -0.2) is 10.2 Å². The topological polar surface area (TPSA) is 40.5 Å². The van der Waals surface area contributed by atoms with Gasteiger partial charge in [-0.25, -0.2) is 0 Å². The Kier molecular flexibility index (Phi) is 4.09. The zero-order valence-electron chi connectivity index (χ0n) is 14.3. The van der Waals surface area contributed by atoms with Crippen LogP contribution in [0.3, 0.4) is 0 Å². The Balaban J connectivity index is 2.17. The van der Waals surface area contributed by atoms with Crippen molar-refractivity contribution in [1.82, 2.24) is 0 Å². The van der Waals surface area contributed by atoms with Crippen molar-refractivity contribution in [2.24, 2.45) is 5.92 Å². The molecule has 0 saturated heterocycles. The van der Waals surface area contributed by atoms with E-state index in [1.165, 1.54) is 24.0 Å². The van der Waals surface area contributed by atoms with Crippen LogP contribution in [0.2, 0.25) is 0 Å². The number of aryl methyl sites for hydroxylation is 2. The van der Waals surface area contributed by atoms with Crippen molar-refractivity contribution in [2.45, 2.75) is 51.9 Å². The highest BCUT2D eigenvalue weighted by atomic mass is 16.3. The minimum absolute atomic E-state index is 0.0193. The van der Waals surface area contributed by atoms with E-state index in [0.717, 1.165) is 24.0 Å². The fourth-order valence-electron chi connectivity index (χ4n) is 4.15. The van der Waals surface area contributed by atoms with E-state index in [0.29, 0.717) is 17.4 Å². The summed E-state index contributed by atoms with van der Waals surface area (Å²) >= 11 is 0. The zero-order chi connectivity index (χ0) is 16.6. The second-order valence-electron chi connectivity index (χ2n) is 7.29. The quantitative estimate of drug-likeness (QED) is 0.799. The monoisotopic (exact) mass is 310 g/mol. The molecule has 2 nitrogen and oxygen atoms in total. The lowest BCUT2D eigenvalue weighted by Crippen LogP contribution is -2.33. The summed E-state index contributed by atoms with van der Waals surface area (Å²) in [5.41, 5.74) is 4.40. The molecule has 1 fully saturated rings. The molecule has 122 valence electrons. The van der Waals surface area contributed by atoms with Crippen molar-refractivity contribution < 1.29 is 10.2 Å². The average molecular weight is 310 g/mol. The molecule has 0 spiro atoms. The molecule has 0 aliphatic heterocycles. The zero-order valence-corrected chi connectivity index (χ0v) is 14.3. The maximum Gasteiger partial charge on any atom is 0.118 e. The molecule has 0 bridgehead atoms. The van der Waals surface area contributed by atoms with Crippen LogP contribution in [0.1, 0.15) is 54.9 Å². The predicted octanol–water partition coefficient (Wildman–Crippen LogP) is 5.21. The molecule has 0 amide bonds. The SMILES string of the molecule is Cc1cc(C2(c3ccc(O)c(C)c3)CCCC(C)C2)ccc1O. The minimum Gasteiger partial charge on any atom is -0.508 e. The fourth-order valence-corrected chi connectivity index (χ4v) is 4.15. The molecular formula is C21H26O2. The van der Waals surface area contributed by atoms with E-state index in [1.54, 1.807) is 0 Å². The molecule has 2 aromatic rings. The highest BCUT2D eigenvalue weighted by Crippen LogP contribution is 2.48. The number of phenolic OH excluding ortho intramolecular Hbond substituents is 2.